The van der Waals surface area contributed by atoms with Gasteiger partial charge in [0.25, 0.3) is 0 Å². The van der Waals surface area contributed by atoms with Crippen LogP contribution in [0.1, 0.15) is 46.5 Å². The third-order valence-corrected chi connectivity index (χ3v) is 4.07. The molecule has 1 fully saturated rings. The maximum Gasteiger partial charge on any atom is 0.314 e. The fourth-order valence-electron chi connectivity index (χ4n) is 3.18. The highest BCUT2D eigenvalue weighted by molar-refractivity contribution is 5.74. The number of urea groups is 1. The first-order chi connectivity index (χ1) is 10.0. The molecule has 1 aliphatic rings. The Morgan fingerprint density at radius 2 is 1.95 bits per heavy atom. The molecule has 1 heterocycles. The van der Waals surface area contributed by atoms with Crippen molar-refractivity contribution in [1.29, 1.82) is 0 Å². The highest BCUT2D eigenvalue weighted by atomic mass is 16.3. The number of rotatable bonds is 8. The smallest absolute Gasteiger partial charge is 0.314 e. The van der Waals surface area contributed by atoms with Crippen molar-refractivity contribution in [3.05, 3.63) is 0 Å². The summed E-state index contributed by atoms with van der Waals surface area (Å²) in [7, 11) is 0. The molecular formula is C16H33N3O2. The number of hydrogen-bond acceptors (Lipinski definition) is 3. The Balaban J connectivity index is 2.02. The summed E-state index contributed by atoms with van der Waals surface area (Å²) in [5.74, 6) is 1.62. The predicted molar refractivity (Wildman–Crippen MR) is 86.3 cm³/mol. The third kappa shape index (κ3) is 8.27. The van der Waals surface area contributed by atoms with Gasteiger partial charge in [-0.2, -0.15) is 0 Å². The maximum atomic E-state index is 11.6. The third-order valence-electron chi connectivity index (χ3n) is 4.07. The zero-order chi connectivity index (χ0) is 15.7. The number of unbranched alkanes of at least 4 members (excludes halogenated alkanes) is 1. The van der Waals surface area contributed by atoms with E-state index in [1.807, 2.05) is 6.92 Å². The summed E-state index contributed by atoms with van der Waals surface area (Å²) < 4.78 is 0. The van der Waals surface area contributed by atoms with Gasteiger partial charge in [0.1, 0.15) is 0 Å². The van der Waals surface area contributed by atoms with Crippen molar-refractivity contribution in [2.75, 3.05) is 32.8 Å². The van der Waals surface area contributed by atoms with Crippen LogP contribution in [0.25, 0.3) is 0 Å². The minimum atomic E-state index is -0.129. The van der Waals surface area contributed by atoms with Gasteiger partial charge in [-0.15, -0.1) is 0 Å². The Morgan fingerprint density at radius 3 is 2.57 bits per heavy atom. The molecule has 3 atom stereocenters. The quantitative estimate of drug-likeness (QED) is 0.599. The lowest BCUT2D eigenvalue weighted by Crippen LogP contribution is -2.42. The molecule has 1 aliphatic heterocycles. The van der Waals surface area contributed by atoms with Crippen molar-refractivity contribution in [2.45, 2.75) is 52.5 Å². The van der Waals surface area contributed by atoms with E-state index < -0.39 is 0 Å². The second kappa shape index (κ2) is 10.0. The molecule has 1 rings (SSSR count). The van der Waals surface area contributed by atoms with E-state index in [2.05, 4.69) is 29.4 Å². The van der Waals surface area contributed by atoms with Crippen LogP contribution in [-0.2, 0) is 0 Å². The van der Waals surface area contributed by atoms with Crippen LogP contribution in [0.4, 0.5) is 4.79 Å². The number of likely N-dealkylation sites (tertiary alicyclic amines) is 1. The van der Waals surface area contributed by atoms with Crippen molar-refractivity contribution in [1.82, 2.24) is 15.5 Å². The minimum Gasteiger partial charge on any atom is -0.396 e. The molecule has 21 heavy (non-hydrogen) atoms. The van der Waals surface area contributed by atoms with E-state index in [4.69, 9.17) is 5.11 Å². The van der Waals surface area contributed by atoms with E-state index in [1.165, 1.54) is 19.5 Å². The fourth-order valence-corrected chi connectivity index (χ4v) is 3.18. The molecule has 5 nitrogen and oxygen atoms in total. The van der Waals surface area contributed by atoms with Gasteiger partial charge in [-0.1, -0.05) is 13.8 Å². The standard InChI is InChI=1S/C16H33N3O2/c1-13-10-14(2)12-19(11-13)8-5-4-7-17-16(21)18-15(3)6-9-20/h13-15,20H,4-12H2,1-3H3,(H2,17,18,21)/t13?,14?,15-/m1/s1. The Kier molecular flexibility index (Phi) is 8.69. The summed E-state index contributed by atoms with van der Waals surface area (Å²) in [6.07, 6.45) is 4.09. The van der Waals surface area contributed by atoms with Crippen molar-refractivity contribution in [3.8, 4) is 0 Å². The van der Waals surface area contributed by atoms with Crippen molar-refractivity contribution in [2.24, 2.45) is 11.8 Å². The van der Waals surface area contributed by atoms with Gasteiger partial charge in [-0.25, -0.2) is 4.79 Å². The van der Waals surface area contributed by atoms with Crippen molar-refractivity contribution in [3.63, 3.8) is 0 Å². The van der Waals surface area contributed by atoms with Crippen LogP contribution in [-0.4, -0.2) is 54.9 Å². The second-order valence-corrected chi connectivity index (χ2v) is 6.73. The second-order valence-electron chi connectivity index (χ2n) is 6.73. The molecule has 0 spiro atoms. The van der Waals surface area contributed by atoms with E-state index in [-0.39, 0.29) is 18.7 Å². The van der Waals surface area contributed by atoms with Crippen molar-refractivity contribution >= 4 is 6.03 Å². The van der Waals surface area contributed by atoms with Crippen molar-refractivity contribution < 1.29 is 9.90 Å². The van der Waals surface area contributed by atoms with E-state index in [0.29, 0.717) is 6.42 Å². The number of hydrogen-bond donors (Lipinski definition) is 3. The first kappa shape index (κ1) is 18.2. The number of aliphatic hydroxyl groups is 1. The van der Waals surface area contributed by atoms with Gasteiger partial charge in [-0.05, 0) is 51.0 Å². The summed E-state index contributed by atoms with van der Waals surface area (Å²) in [6, 6.07) is -0.109. The van der Waals surface area contributed by atoms with Gasteiger partial charge in [0.05, 0.1) is 0 Å². The molecule has 0 radical (unpaired) electrons. The lowest BCUT2D eigenvalue weighted by Gasteiger charge is -2.34. The van der Waals surface area contributed by atoms with Crippen LogP contribution < -0.4 is 10.6 Å². The molecule has 124 valence electrons. The zero-order valence-corrected chi connectivity index (χ0v) is 13.9. The average Bonchev–Trinajstić information content (AvgIpc) is 2.37. The van der Waals surface area contributed by atoms with E-state index in [0.717, 1.165) is 37.8 Å². The first-order valence-corrected chi connectivity index (χ1v) is 8.38. The van der Waals surface area contributed by atoms with Crippen LogP contribution in [0, 0.1) is 11.8 Å². The molecule has 2 unspecified atom stereocenters. The van der Waals surface area contributed by atoms with Gasteiger partial charge in [0.2, 0.25) is 0 Å². The average molecular weight is 299 g/mol. The number of aliphatic hydroxyl groups excluding tert-OH is 1. The predicted octanol–water partition coefficient (Wildman–Crippen LogP) is 1.81. The number of nitrogens with one attached hydrogen (secondary N) is 2. The lowest BCUT2D eigenvalue weighted by molar-refractivity contribution is 0.139. The molecule has 0 bridgehead atoms. The Morgan fingerprint density at radius 1 is 1.29 bits per heavy atom. The van der Waals surface area contributed by atoms with Gasteiger partial charge < -0.3 is 20.6 Å². The summed E-state index contributed by atoms with van der Waals surface area (Å²) in [5.41, 5.74) is 0. The van der Waals surface area contributed by atoms with Gasteiger partial charge in [0.15, 0.2) is 0 Å². The number of carbonyl (C=O) groups excluding carboxylic acids is 1. The van der Waals surface area contributed by atoms with Crippen LogP contribution >= 0.6 is 0 Å². The number of carbonyl (C=O) groups is 1. The molecular weight excluding hydrogens is 266 g/mol. The zero-order valence-electron chi connectivity index (χ0n) is 13.9. The fraction of sp³-hybridized carbons (Fsp3) is 0.938. The number of amides is 2. The molecule has 0 aliphatic carbocycles. The topological polar surface area (TPSA) is 64.6 Å². The Hall–Kier alpha value is -0.810. The maximum absolute atomic E-state index is 11.6. The van der Waals surface area contributed by atoms with Gasteiger partial charge in [0, 0.05) is 32.3 Å². The summed E-state index contributed by atoms with van der Waals surface area (Å²) in [4.78, 5) is 14.1. The summed E-state index contributed by atoms with van der Waals surface area (Å²) >= 11 is 0. The van der Waals surface area contributed by atoms with Crippen LogP contribution in [0.2, 0.25) is 0 Å². The molecule has 2 amide bonds. The SMILES string of the molecule is CC1CC(C)CN(CCCCNC(=O)N[C@H](C)CCO)C1. The molecule has 1 saturated heterocycles. The highest BCUT2D eigenvalue weighted by Crippen LogP contribution is 2.20. The van der Waals surface area contributed by atoms with Crippen LogP contribution in [0.15, 0.2) is 0 Å². The lowest BCUT2D eigenvalue weighted by atomic mass is 9.92. The normalized spacial score (nSPS) is 24.6. The summed E-state index contributed by atoms with van der Waals surface area (Å²) in [5, 5.41) is 14.5. The molecule has 0 aromatic carbocycles. The van der Waals surface area contributed by atoms with Gasteiger partial charge in [-0.3, -0.25) is 0 Å². The van der Waals surface area contributed by atoms with E-state index >= 15 is 0 Å². The van der Waals surface area contributed by atoms with Gasteiger partial charge >= 0.3 is 6.03 Å². The number of nitrogens with zero attached hydrogens (tertiary/aromatic N) is 1. The molecule has 3 N–H and O–H groups in total. The van der Waals surface area contributed by atoms with E-state index in [1.54, 1.807) is 0 Å². The monoisotopic (exact) mass is 299 g/mol. The summed E-state index contributed by atoms with van der Waals surface area (Å²) in [6.45, 7) is 11.0. The highest BCUT2D eigenvalue weighted by Gasteiger charge is 2.20. The van der Waals surface area contributed by atoms with Crippen LogP contribution in [0.5, 0.6) is 0 Å². The molecule has 5 heteroatoms. The Bertz CT molecular complexity index is 289. The molecule has 0 aromatic heterocycles. The number of piperidine rings is 1. The molecule has 0 aromatic rings. The minimum absolute atomic E-state index is 0.0197. The first-order valence-electron chi connectivity index (χ1n) is 8.38. The largest absolute Gasteiger partial charge is 0.396 e. The molecule has 0 saturated carbocycles. The van der Waals surface area contributed by atoms with Crippen LogP contribution in [0.3, 0.4) is 0 Å². The Labute approximate surface area is 129 Å². The van der Waals surface area contributed by atoms with E-state index in [9.17, 15) is 4.79 Å².